The quantitative estimate of drug-likeness (QED) is 0.793. The molecule has 114 valence electrons. The van der Waals surface area contributed by atoms with E-state index in [0.717, 1.165) is 34.2 Å². The fourth-order valence-electron chi connectivity index (χ4n) is 2.74. The van der Waals surface area contributed by atoms with E-state index >= 15 is 0 Å². The van der Waals surface area contributed by atoms with E-state index in [1.807, 2.05) is 23.1 Å². The van der Waals surface area contributed by atoms with Crippen molar-refractivity contribution in [2.75, 3.05) is 12.3 Å². The van der Waals surface area contributed by atoms with E-state index in [9.17, 15) is 4.79 Å². The van der Waals surface area contributed by atoms with Crippen molar-refractivity contribution in [2.24, 2.45) is 0 Å². The van der Waals surface area contributed by atoms with Crippen molar-refractivity contribution in [3.8, 4) is 0 Å². The Hall–Kier alpha value is -1.63. The molecule has 1 amide bonds. The molecule has 0 spiro atoms. The topological polar surface area (TPSA) is 59.2 Å². The monoisotopic (exact) mass is 407 g/mol. The second kappa shape index (κ2) is 6.64. The molecular weight excluding hydrogens is 389 g/mol. The highest BCUT2D eigenvalue weighted by Gasteiger charge is 2.22. The van der Waals surface area contributed by atoms with E-state index < -0.39 is 0 Å². The van der Waals surface area contributed by atoms with Crippen LogP contribution in [0.25, 0.3) is 0 Å². The van der Waals surface area contributed by atoms with Gasteiger partial charge in [0.1, 0.15) is 5.82 Å². The fraction of sp³-hybridized carbons (Fsp3) is 0.294. The number of halogens is 1. The Bertz CT molecular complexity index is 688. The Morgan fingerprint density at radius 3 is 2.73 bits per heavy atom. The van der Waals surface area contributed by atoms with Gasteiger partial charge in [0.05, 0.1) is 15.8 Å². The minimum Gasteiger partial charge on any atom is -0.383 e. The smallest absolute Gasteiger partial charge is 0.222 e. The molecule has 2 heterocycles. The summed E-state index contributed by atoms with van der Waals surface area (Å²) in [6, 6.07) is 12.4. The fourth-order valence-corrected chi connectivity index (χ4v) is 3.24. The molecule has 0 saturated carbocycles. The van der Waals surface area contributed by atoms with Crippen molar-refractivity contribution in [1.29, 1.82) is 0 Å². The van der Waals surface area contributed by atoms with Crippen LogP contribution in [0.5, 0.6) is 0 Å². The summed E-state index contributed by atoms with van der Waals surface area (Å²) in [6.07, 6.45) is 2.39. The zero-order valence-corrected chi connectivity index (χ0v) is 14.4. The highest BCUT2D eigenvalue weighted by molar-refractivity contribution is 14.1. The van der Waals surface area contributed by atoms with Gasteiger partial charge in [-0.2, -0.15) is 0 Å². The zero-order chi connectivity index (χ0) is 15.5. The first-order valence-electron chi connectivity index (χ1n) is 7.39. The molecule has 1 aromatic carbocycles. The lowest BCUT2D eigenvalue weighted by Crippen LogP contribution is -2.25. The highest BCUT2D eigenvalue weighted by Crippen LogP contribution is 2.23. The van der Waals surface area contributed by atoms with Gasteiger partial charge < -0.3 is 10.6 Å². The van der Waals surface area contributed by atoms with Crippen molar-refractivity contribution in [3.05, 3.63) is 56.8 Å². The Balaban J connectivity index is 1.90. The Morgan fingerprint density at radius 2 is 2.05 bits per heavy atom. The molecule has 1 aromatic heterocycles. The summed E-state index contributed by atoms with van der Waals surface area (Å²) in [6.45, 7) is 1.37. The largest absolute Gasteiger partial charge is 0.383 e. The lowest BCUT2D eigenvalue weighted by atomic mass is 10.0. The van der Waals surface area contributed by atoms with Gasteiger partial charge in [-0.1, -0.05) is 30.3 Å². The maximum atomic E-state index is 11.9. The van der Waals surface area contributed by atoms with Crippen LogP contribution < -0.4 is 5.73 Å². The third kappa shape index (κ3) is 3.40. The van der Waals surface area contributed by atoms with Crippen LogP contribution in [-0.4, -0.2) is 22.3 Å². The number of carbonyl (C=O) groups excluding carboxylic acids is 1. The second-order valence-electron chi connectivity index (χ2n) is 5.54. The van der Waals surface area contributed by atoms with Crippen LogP contribution in [0.4, 0.5) is 5.82 Å². The molecule has 0 atom stereocenters. The minimum atomic E-state index is 0.213. The van der Waals surface area contributed by atoms with Crippen molar-refractivity contribution in [1.82, 2.24) is 9.88 Å². The molecule has 2 N–H and O–H groups in total. The first kappa shape index (κ1) is 15.3. The standard InChI is InChI=1S/C17H18IN3O/c18-14-10-13(9-12-5-2-1-3-6-12)15(20-17(14)19)11-21-8-4-7-16(21)22/h1-3,5-6,10H,4,7-9,11H2,(H2,19,20). The number of nitrogens with two attached hydrogens (primary N) is 1. The van der Waals surface area contributed by atoms with E-state index in [-0.39, 0.29) is 5.91 Å². The number of aromatic nitrogens is 1. The SMILES string of the molecule is Nc1nc(CN2CCCC2=O)c(Cc2ccccc2)cc1I. The molecule has 22 heavy (non-hydrogen) atoms. The molecule has 2 aromatic rings. The Labute approximate surface area is 143 Å². The van der Waals surface area contributed by atoms with Crippen LogP contribution in [0.15, 0.2) is 36.4 Å². The number of nitrogens with zero attached hydrogens (tertiary/aromatic N) is 2. The van der Waals surface area contributed by atoms with E-state index in [1.54, 1.807) is 0 Å². The number of likely N-dealkylation sites (tertiary alicyclic amines) is 1. The van der Waals surface area contributed by atoms with Crippen molar-refractivity contribution in [2.45, 2.75) is 25.8 Å². The van der Waals surface area contributed by atoms with E-state index in [0.29, 0.717) is 18.8 Å². The van der Waals surface area contributed by atoms with Gasteiger partial charge in [0, 0.05) is 13.0 Å². The average molecular weight is 407 g/mol. The number of benzene rings is 1. The summed E-state index contributed by atoms with van der Waals surface area (Å²) in [4.78, 5) is 18.3. The van der Waals surface area contributed by atoms with E-state index in [2.05, 4.69) is 45.8 Å². The number of pyridine rings is 1. The van der Waals surface area contributed by atoms with Crippen LogP contribution in [0.1, 0.15) is 29.7 Å². The number of nitrogen functional groups attached to an aromatic ring is 1. The van der Waals surface area contributed by atoms with Gasteiger partial charge in [0.2, 0.25) is 5.91 Å². The van der Waals surface area contributed by atoms with Crippen molar-refractivity contribution in [3.63, 3.8) is 0 Å². The van der Waals surface area contributed by atoms with Crippen LogP contribution in [0, 0.1) is 3.57 Å². The normalized spacial score (nSPS) is 14.6. The molecule has 0 unspecified atom stereocenters. The molecule has 3 rings (SSSR count). The second-order valence-corrected chi connectivity index (χ2v) is 6.70. The lowest BCUT2D eigenvalue weighted by molar-refractivity contribution is -0.128. The van der Waals surface area contributed by atoms with Crippen LogP contribution in [-0.2, 0) is 17.8 Å². The highest BCUT2D eigenvalue weighted by atomic mass is 127. The van der Waals surface area contributed by atoms with Gasteiger partial charge in [0.25, 0.3) is 0 Å². The van der Waals surface area contributed by atoms with Gasteiger partial charge in [-0.05, 0) is 52.6 Å². The summed E-state index contributed by atoms with van der Waals surface area (Å²) in [5.74, 6) is 0.753. The number of hydrogen-bond donors (Lipinski definition) is 1. The van der Waals surface area contributed by atoms with Gasteiger partial charge >= 0.3 is 0 Å². The number of hydrogen-bond acceptors (Lipinski definition) is 3. The Morgan fingerprint density at radius 1 is 1.27 bits per heavy atom. The molecule has 0 aliphatic carbocycles. The number of amides is 1. The van der Waals surface area contributed by atoms with E-state index in [4.69, 9.17) is 5.73 Å². The molecular formula is C17H18IN3O. The summed E-state index contributed by atoms with van der Waals surface area (Å²) < 4.78 is 0.958. The van der Waals surface area contributed by atoms with Gasteiger partial charge in [-0.15, -0.1) is 0 Å². The maximum Gasteiger partial charge on any atom is 0.222 e. The molecule has 5 heteroatoms. The van der Waals surface area contributed by atoms with Crippen molar-refractivity contribution < 1.29 is 4.79 Å². The lowest BCUT2D eigenvalue weighted by Gasteiger charge is -2.18. The summed E-state index contributed by atoms with van der Waals surface area (Å²) in [5.41, 5.74) is 9.26. The van der Waals surface area contributed by atoms with Crippen molar-refractivity contribution >= 4 is 34.3 Å². The zero-order valence-electron chi connectivity index (χ0n) is 12.3. The maximum absolute atomic E-state index is 11.9. The summed E-state index contributed by atoms with van der Waals surface area (Å²) in [5, 5.41) is 0. The van der Waals surface area contributed by atoms with Crippen LogP contribution in [0.2, 0.25) is 0 Å². The molecule has 1 aliphatic rings. The van der Waals surface area contributed by atoms with Crippen LogP contribution >= 0.6 is 22.6 Å². The van der Waals surface area contributed by atoms with Gasteiger partial charge in [-0.3, -0.25) is 4.79 Å². The molecule has 0 bridgehead atoms. The molecule has 4 nitrogen and oxygen atoms in total. The van der Waals surface area contributed by atoms with Gasteiger partial charge in [-0.25, -0.2) is 4.98 Å². The molecule has 1 saturated heterocycles. The third-order valence-corrected chi connectivity index (χ3v) is 4.79. The Kier molecular flexibility index (Phi) is 4.61. The number of anilines is 1. The van der Waals surface area contributed by atoms with E-state index in [1.165, 1.54) is 5.56 Å². The minimum absolute atomic E-state index is 0.213. The molecule has 0 radical (unpaired) electrons. The summed E-state index contributed by atoms with van der Waals surface area (Å²) >= 11 is 2.21. The van der Waals surface area contributed by atoms with Crippen LogP contribution in [0.3, 0.4) is 0 Å². The number of rotatable bonds is 4. The molecule has 1 fully saturated rings. The molecule has 1 aliphatic heterocycles. The first-order valence-corrected chi connectivity index (χ1v) is 8.47. The predicted octanol–water partition coefficient (Wildman–Crippen LogP) is 2.98. The number of carbonyl (C=O) groups is 1. The third-order valence-electron chi connectivity index (χ3n) is 3.92. The first-order chi connectivity index (χ1) is 10.6. The average Bonchev–Trinajstić information content (AvgIpc) is 2.91. The van der Waals surface area contributed by atoms with Gasteiger partial charge in [0.15, 0.2) is 0 Å². The predicted molar refractivity (Wildman–Crippen MR) is 95.3 cm³/mol. The summed E-state index contributed by atoms with van der Waals surface area (Å²) in [7, 11) is 0.